The summed E-state index contributed by atoms with van der Waals surface area (Å²) in [5.74, 6) is -0.604. The fourth-order valence-corrected chi connectivity index (χ4v) is 3.83. The predicted octanol–water partition coefficient (Wildman–Crippen LogP) is 4.14. The van der Waals surface area contributed by atoms with Crippen LogP contribution >= 0.6 is 11.3 Å². The molecule has 5 nitrogen and oxygen atoms in total. The zero-order valence-electron chi connectivity index (χ0n) is 12.7. The van der Waals surface area contributed by atoms with Crippen molar-refractivity contribution in [3.63, 3.8) is 0 Å². The second kappa shape index (κ2) is 6.58. The lowest BCUT2D eigenvalue weighted by atomic mass is 10.3. The average molecular weight is 363 g/mol. The first-order valence-electron chi connectivity index (χ1n) is 7.00. The molecule has 0 spiro atoms. The molecule has 0 saturated heterocycles. The fourth-order valence-electron chi connectivity index (χ4n) is 2.04. The van der Waals surface area contributed by atoms with Crippen LogP contribution in [0.15, 0.2) is 58.8 Å². The van der Waals surface area contributed by atoms with Crippen LogP contribution in [0.1, 0.15) is 5.69 Å². The fraction of sp³-hybridized carbons (Fsp3) is 0.0625. The van der Waals surface area contributed by atoms with Crippen molar-refractivity contribution in [1.29, 1.82) is 0 Å². The molecule has 0 radical (unpaired) electrons. The Morgan fingerprint density at radius 3 is 2.54 bits per heavy atom. The van der Waals surface area contributed by atoms with Gasteiger partial charge in [-0.05, 0) is 43.3 Å². The van der Waals surface area contributed by atoms with Crippen LogP contribution in [0.25, 0.3) is 0 Å². The molecule has 1 heterocycles. The summed E-state index contributed by atoms with van der Waals surface area (Å²) in [5, 5.41) is 5.75. The Balaban J connectivity index is 1.81. The van der Waals surface area contributed by atoms with E-state index in [9.17, 15) is 12.8 Å². The molecule has 124 valence electrons. The monoisotopic (exact) mass is 363 g/mol. The Bertz CT molecular complexity index is 971. The van der Waals surface area contributed by atoms with Crippen molar-refractivity contribution in [2.75, 3.05) is 10.0 Å². The molecule has 0 saturated carbocycles. The Labute approximate surface area is 143 Å². The number of anilines is 3. The van der Waals surface area contributed by atoms with Crippen LogP contribution < -0.4 is 10.0 Å². The quantitative estimate of drug-likeness (QED) is 0.715. The number of rotatable bonds is 5. The number of sulfonamides is 1. The molecule has 0 aliphatic carbocycles. The molecule has 0 amide bonds. The second-order valence-corrected chi connectivity index (χ2v) is 7.60. The van der Waals surface area contributed by atoms with Gasteiger partial charge in [-0.2, -0.15) is 0 Å². The Kier molecular flexibility index (Phi) is 4.50. The molecular formula is C16H14FN3O2S2. The number of hydrogen-bond donors (Lipinski definition) is 2. The van der Waals surface area contributed by atoms with Gasteiger partial charge in [0.2, 0.25) is 0 Å². The molecule has 0 atom stereocenters. The van der Waals surface area contributed by atoms with Crippen LogP contribution in [0, 0.1) is 12.7 Å². The highest BCUT2D eigenvalue weighted by Gasteiger charge is 2.15. The van der Waals surface area contributed by atoms with Crippen LogP contribution in [-0.2, 0) is 10.0 Å². The van der Waals surface area contributed by atoms with Crippen LogP contribution in [0.2, 0.25) is 0 Å². The number of halogens is 1. The highest BCUT2D eigenvalue weighted by atomic mass is 32.2. The number of nitrogens with one attached hydrogen (secondary N) is 2. The molecule has 3 aromatic rings. The van der Waals surface area contributed by atoms with Gasteiger partial charge >= 0.3 is 0 Å². The summed E-state index contributed by atoms with van der Waals surface area (Å²) < 4.78 is 40.3. The van der Waals surface area contributed by atoms with E-state index < -0.39 is 15.8 Å². The first-order valence-corrected chi connectivity index (χ1v) is 9.36. The smallest absolute Gasteiger partial charge is 0.261 e. The zero-order valence-corrected chi connectivity index (χ0v) is 14.3. The minimum absolute atomic E-state index is 0.128. The van der Waals surface area contributed by atoms with Gasteiger partial charge in [0.25, 0.3) is 10.0 Å². The van der Waals surface area contributed by atoms with Gasteiger partial charge < -0.3 is 5.32 Å². The van der Waals surface area contributed by atoms with Gasteiger partial charge in [0, 0.05) is 11.1 Å². The van der Waals surface area contributed by atoms with E-state index in [4.69, 9.17) is 0 Å². The number of hydrogen-bond acceptors (Lipinski definition) is 5. The molecule has 2 aromatic carbocycles. The van der Waals surface area contributed by atoms with Gasteiger partial charge in [-0.15, -0.1) is 11.3 Å². The third kappa shape index (κ3) is 3.90. The maximum atomic E-state index is 13.2. The van der Waals surface area contributed by atoms with Crippen LogP contribution in [0.4, 0.5) is 20.9 Å². The average Bonchev–Trinajstić information content (AvgIpc) is 2.92. The molecule has 8 heteroatoms. The van der Waals surface area contributed by atoms with Crippen molar-refractivity contribution in [3.8, 4) is 0 Å². The second-order valence-electron chi connectivity index (χ2n) is 5.06. The SMILES string of the molecule is Cc1csc(Nc2cccc(NS(=O)(=O)c3cccc(F)c3)c2)n1. The largest absolute Gasteiger partial charge is 0.331 e. The van der Waals surface area contributed by atoms with Crippen molar-refractivity contribution >= 4 is 37.9 Å². The van der Waals surface area contributed by atoms with Crippen LogP contribution in [-0.4, -0.2) is 13.4 Å². The molecule has 0 fully saturated rings. The van der Waals surface area contributed by atoms with E-state index in [0.717, 1.165) is 16.9 Å². The summed E-state index contributed by atoms with van der Waals surface area (Å²) in [4.78, 5) is 4.17. The molecule has 0 bridgehead atoms. The molecule has 2 N–H and O–H groups in total. The van der Waals surface area contributed by atoms with Crippen molar-refractivity contribution in [2.45, 2.75) is 11.8 Å². The molecule has 0 unspecified atom stereocenters. The topological polar surface area (TPSA) is 71.1 Å². The standard InChI is InChI=1S/C16H14FN3O2S2/c1-11-10-23-16(18-11)19-13-5-3-6-14(9-13)20-24(21,22)15-7-2-4-12(17)8-15/h2-10,20H,1H3,(H,18,19). The van der Waals surface area contributed by atoms with Gasteiger partial charge in [-0.25, -0.2) is 17.8 Å². The lowest BCUT2D eigenvalue weighted by Crippen LogP contribution is -2.13. The van der Waals surface area contributed by atoms with Gasteiger partial charge in [0.15, 0.2) is 5.13 Å². The molecule has 0 aliphatic rings. The first-order chi connectivity index (χ1) is 11.4. The highest BCUT2D eigenvalue weighted by molar-refractivity contribution is 7.92. The van der Waals surface area contributed by atoms with E-state index in [0.29, 0.717) is 11.4 Å². The van der Waals surface area contributed by atoms with Crippen LogP contribution in [0.5, 0.6) is 0 Å². The summed E-state index contributed by atoms with van der Waals surface area (Å²) in [6, 6.07) is 11.6. The van der Waals surface area contributed by atoms with E-state index >= 15 is 0 Å². The third-order valence-electron chi connectivity index (χ3n) is 3.09. The van der Waals surface area contributed by atoms with E-state index in [2.05, 4.69) is 15.0 Å². The number of aromatic nitrogens is 1. The van der Waals surface area contributed by atoms with Crippen molar-refractivity contribution in [1.82, 2.24) is 4.98 Å². The molecule has 3 rings (SSSR count). The third-order valence-corrected chi connectivity index (χ3v) is 5.35. The first kappa shape index (κ1) is 16.4. The summed E-state index contributed by atoms with van der Waals surface area (Å²) in [6.45, 7) is 1.89. The predicted molar refractivity (Wildman–Crippen MR) is 93.8 cm³/mol. The Morgan fingerprint density at radius 1 is 1.08 bits per heavy atom. The maximum absolute atomic E-state index is 13.2. The molecule has 1 aromatic heterocycles. The summed E-state index contributed by atoms with van der Waals surface area (Å²) in [7, 11) is -3.85. The molecular weight excluding hydrogens is 349 g/mol. The lowest BCUT2D eigenvalue weighted by Gasteiger charge is -2.10. The lowest BCUT2D eigenvalue weighted by molar-refractivity contribution is 0.595. The number of benzene rings is 2. The minimum Gasteiger partial charge on any atom is -0.331 e. The number of aryl methyl sites for hydroxylation is 1. The maximum Gasteiger partial charge on any atom is 0.261 e. The normalized spacial score (nSPS) is 11.2. The summed E-state index contributed by atoms with van der Waals surface area (Å²) in [6.07, 6.45) is 0. The Hall–Kier alpha value is -2.45. The van der Waals surface area contributed by atoms with E-state index in [1.165, 1.54) is 29.5 Å². The van der Waals surface area contributed by atoms with E-state index in [1.54, 1.807) is 24.3 Å². The van der Waals surface area contributed by atoms with Crippen molar-refractivity contribution in [3.05, 3.63) is 65.4 Å². The number of thiazole rings is 1. The van der Waals surface area contributed by atoms with E-state index in [1.807, 2.05) is 12.3 Å². The number of nitrogens with zero attached hydrogens (tertiary/aromatic N) is 1. The summed E-state index contributed by atoms with van der Waals surface area (Å²) >= 11 is 1.46. The van der Waals surface area contributed by atoms with Gasteiger partial charge in [-0.3, -0.25) is 4.72 Å². The van der Waals surface area contributed by atoms with Gasteiger partial charge in [-0.1, -0.05) is 12.1 Å². The highest BCUT2D eigenvalue weighted by Crippen LogP contribution is 2.24. The zero-order chi connectivity index (χ0) is 17.2. The van der Waals surface area contributed by atoms with Crippen molar-refractivity contribution < 1.29 is 12.8 Å². The van der Waals surface area contributed by atoms with Gasteiger partial charge in [0.05, 0.1) is 16.3 Å². The van der Waals surface area contributed by atoms with E-state index in [-0.39, 0.29) is 4.90 Å². The van der Waals surface area contributed by atoms with Crippen molar-refractivity contribution in [2.24, 2.45) is 0 Å². The molecule has 24 heavy (non-hydrogen) atoms. The Morgan fingerprint density at radius 2 is 1.83 bits per heavy atom. The minimum atomic E-state index is -3.85. The van der Waals surface area contributed by atoms with Gasteiger partial charge in [0.1, 0.15) is 5.82 Å². The summed E-state index contributed by atoms with van der Waals surface area (Å²) in [5.41, 5.74) is 1.98. The van der Waals surface area contributed by atoms with Crippen LogP contribution in [0.3, 0.4) is 0 Å². The molecule has 0 aliphatic heterocycles.